The predicted molar refractivity (Wildman–Crippen MR) is 71.6 cm³/mol. The first-order chi connectivity index (χ1) is 8.95. The van der Waals surface area contributed by atoms with E-state index in [0.717, 1.165) is 25.7 Å². The molecule has 0 aromatic rings. The Hall–Kier alpha value is -1.10. The lowest BCUT2D eigenvalue weighted by atomic mass is 9.84. The molecule has 0 heterocycles. The van der Waals surface area contributed by atoms with Gasteiger partial charge >= 0.3 is 5.97 Å². The summed E-state index contributed by atoms with van der Waals surface area (Å²) in [7, 11) is 0. The normalized spacial score (nSPS) is 26.5. The summed E-state index contributed by atoms with van der Waals surface area (Å²) in [4.78, 5) is 23.0. The minimum absolute atomic E-state index is 0.0277. The maximum absolute atomic E-state index is 11.9. The maximum atomic E-state index is 11.9. The third-order valence-electron chi connectivity index (χ3n) is 4.11. The van der Waals surface area contributed by atoms with E-state index in [1.807, 2.05) is 13.8 Å². The highest BCUT2D eigenvalue weighted by molar-refractivity contribution is 5.83. The summed E-state index contributed by atoms with van der Waals surface area (Å²) in [5.41, 5.74) is 0. The lowest BCUT2D eigenvalue weighted by molar-refractivity contribution is -0.143. The van der Waals surface area contributed by atoms with E-state index in [4.69, 9.17) is 5.11 Å². The second kappa shape index (κ2) is 7.48. The van der Waals surface area contributed by atoms with Crippen LogP contribution in [-0.2, 0) is 9.59 Å². The number of carbonyl (C=O) groups excluding carboxylic acids is 1. The van der Waals surface area contributed by atoms with Crippen molar-refractivity contribution in [1.82, 2.24) is 5.32 Å². The predicted octanol–water partition coefficient (Wildman–Crippen LogP) is 1.54. The van der Waals surface area contributed by atoms with Crippen LogP contribution in [0.4, 0.5) is 0 Å². The number of rotatable bonds is 6. The molecule has 1 fully saturated rings. The van der Waals surface area contributed by atoms with E-state index in [9.17, 15) is 14.7 Å². The number of nitrogens with one attached hydrogen (secondary N) is 1. The molecule has 0 spiro atoms. The first-order valence-electron chi connectivity index (χ1n) is 7.16. The number of carboxylic acid groups (broad SMARTS) is 1. The molecule has 3 N–H and O–H groups in total. The number of amides is 1. The van der Waals surface area contributed by atoms with Gasteiger partial charge in [0.2, 0.25) is 5.91 Å². The smallest absolute Gasteiger partial charge is 0.326 e. The average Bonchev–Trinajstić information content (AvgIpc) is 2.37. The number of hydrogen-bond acceptors (Lipinski definition) is 3. The van der Waals surface area contributed by atoms with E-state index >= 15 is 0 Å². The van der Waals surface area contributed by atoms with Crippen LogP contribution in [0.5, 0.6) is 0 Å². The molecule has 0 unspecified atom stereocenters. The van der Waals surface area contributed by atoms with Crippen molar-refractivity contribution in [2.75, 3.05) is 0 Å². The Balaban J connectivity index is 2.50. The number of carbonyl (C=O) groups is 2. The van der Waals surface area contributed by atoms with Crippen molar-refractivity contribution in [3.8, 4) is 0 Å². The van der Waals surface area contributed by atoms with Crippen LogP contribution >= 0.6 is 0 Å². The summed E-state index contributed by atoms with van der Waals surface area (Å²) in [5.74, 6) is -1.39. The number of aliphatic carboxylic acids is 1. The maximum Gasteiger partial charge on any atom is 0.326 e. The topological polar surface area (TPSA) is 86.6 Å². The molecule has 0 aliphatic heterocycles. The zero-order chi connectivity index (χ0) is 14.4. The van der Waals surface area contributed by atoms with Gasteiger partial charge in [-0.05, 0) is 24.7 Å². The second-order valence-electron chi connectivity index (χ2n) is 5.58. The molecule has 1 amide bonds. The molecule has 110 valence electrons. The number of aliphatic hydroxyl groups excluding tert-OH is 1. The molecule has 5 nitrogen and oxygen atoms in total. The summed E-state index contributed by atoms with van der Waals surface area (Å²) in [6.07, 6.45) is 4.12. The minimum atomic E-state index is -0.994. The molecule has 0 bridgehead atoms. The highest BCUT2D eigenvalue weighted by Crippen LogP contribution is 2.26. The highest BCUT2D eigenvalue weighted by Gasteiger charge is 2.29. The van der Waals surface area contributed by atoms with Crippen LogP contribution in [0.2, 0.25) is 0 Å². The minimum Gasteiger partial charge on any atom is -0.480 e. The van der Waals surface area contributed by atoms with Crippen LogP contribution in [0, 0.1) is 11.8 Å². The van der Waals surface area contributed by atoms with Crippen molar-refractivity contribution in [2.45, 2.75) is 64.5 Å². The lowest BCUT2D eigenvalue weighted by Crippen LogP contribution is -2.46. The van der Waals surface area contributed by atoms with Crippen molar-refractivity contribution >= 4 is 11.9 Å². The van der Waals surface area contributed by atoms with Gasteiger partial charge in [0.05, 0.1) is 6.10 Å². The third-order valence-corrected chi connectivity index (χ3v) is 4.11. The fourth-order valence-corrected chi connectivity index (χ4v) is 2.58. The van der Waals surface area contributed by atoms with Gasteiger partial charge in [-0.3, -0.25) is 4.79 Å². The summed E-state index contributed by atoms with van der Waals surface area (Å²) < 4.78 is 0. The van der Waals surface area contributed by atoms with E-state index in [2.05, 4.69) is 5.32 Å². The first-order valence-corrected chi connectivity index (χ1v) is 7.16. The van der Waals surface area contributed by atoms with Gasteiger partial charge in [0.15, 0.2) is 0 Å². The van der Waals surface area contributed by atoms with Crippen molar-refractivity contribution in [3.63, 3.8) is 0 Å². The van der Waals surface area contributed by atoms with Gasteiger partial charge in [0.25, 0.3) is 0 Å². The van der Waals surface area contributed by atoms with E-state index in [1.54, 1.807) is 0 Å². The number of hydrogen-bond donors (Lipinski definition) is 3. The number of carboxylic acids is 1. The largest absolute Gasteiger partial charge is 0.480 e. The van der Waals surface area contributed by atoms with Crippen LogP contribution in [-0.4, -0.2) is 34.2 Å². The van der Waals surface area contributed by atoms with Gasteiger partial charge < -0.3 is 15.5 Å². The molecule has 1 rings (SSSR count). The Labute approximate surface area is 114 Å². The van der Waals surface area contributed by atoms with Gasteiger partial charge in [0, 0.05) is 6.42 Å². The van der Waals surface area contributed by atoms with Crippen LogP contribution < -0.4 is 5.32 Å². The Morgan fingerprint density at radius 1 is 1.32 bits per heavy atom. The van der Waals surface area contributed by atoms with E-state index in [0.29, 0.717) is 6.42 Å². The standard InChI is InChI=1S/C14H25NO4/c1-3-9(2)13(14(18)19)15-12(17)8-10-6-4-5-7-11(10)16/h9-11,13,16H,3-8H2,1-2H3,(H,15,17)(H,18,19)/t9-,10-,11+,13-/m0/s1. The van der Waals surface area contributed by atoms with E-state index in [-0.39, 0.29) is 24.2 Å². The fraction of sp³-hybridized carbons (Fsp3) is 0.857. The van der Waals surface area contributed by atoms with Crippen molar-refractivity contribution < 1.29 is 19.8 Å². The van der Waals surface area contributed by atoms with Gasteiger partial charge in [-0.25, -0.2) is 4.79 Å². The molecule has 1 saturated carbocycles. The zero-order valence-corrected chi connectivity index (χ0v) is 11.8. The van der Waals surface area contributed by atoms with Crippen molar-refractivity contribution in [1.29, 1.82) is 0 Å². The van der Waals surface area contributed by atoms with Gasteiger partial charge in [-0.15, -0.1) is 0 Å². The monoisotopic (exact) mass is 271 g/mol. The Morgan fingerprint density at radius 3 is 2.47 bits per heavy atom. The van der Waals surface area contributed by atoms with E-state index < -0.39 is 18.1 Å². The molecule has 5 heteroatoms. The third kappa shape index (κ3) is 4.82. The van der Waals surface area contributed by atoms with Gasteiger partial charge in [-0.1, -0.05) is 33.1 Å². The summed E-state index contributed by atoms with van der Waals surface area (Å²) in [6, 6.07) is -0.835. The Bertz CT molecular complexity index is 319. The Kier molecular flexibility index (Phi) is 6.28. The molecule has 0 saturated heterocycles. The van der Waals surface area contributed by atoms with Crippen LogP contribution in [0.25, 0.3) is 0 Å². The SMILES string of the molecule is CC[C@H](C)[C@H](NC(=O)C[C@@H]1CCCC[C@H]1O)C(=O)O. The first kappa shape index (κ1) is 16.0. The lowest BCUT2D eigenvalue weighted by Gasteiger charge is -2.28. The second-order valence-corrected chi connectivity index (χ2v) is 5.58. The molecule has 0 aromatic heterocycles. The van der Waals surface area contributed by atoms with Crippen LogP contribution in [0.15, 0.2) is 0 Å². The van der Waals surface area contributed by atoms with Crippen LogP contribution in [0.1, 0.15) is 52.4 Å². The molecule has 4 atom stereocenters. The quantitative estimate of drug-likeness (QED) is 0.684. The van der Waals surface area contributed by atoms with Crippen LogP contribution in [0.3, 0.4) is 0 Å². The highest BCUT2D eigenvalue weighted by atomic mass is 16.4. The molecule has 1 aliphatic carbocycles. The summed E-state index contributed by atoms with van der Waals surface area (Å²) in [6.45, 7) is 3.71. The average molecular weight is 271 g/mol. The van der Waals surface area contributed by atoms with Gasteiger partial charge in [0.1, 0.15) is 6.04 Å². The molecular weight excluding hydrogens is 246 g/mol. The van der Waals surface area contributed by atoms with Gasteiger partial charge in [-0.2, -0.15) is 0 Å². The van der Waals surface area contributed by atoms with E-state index in [1.165, 1.54) is 0 Å². The zero-order valence-electron chi connectivity index (χ0n) is 11.8. The molecular formula is C14H25NO4. The Morgan fingerprint density at radius 2 is 1.95 bits per heavy atom. The molecule has 0 aromatic carbocycles. The summed E-state index contributed by atoms with van der Waals surface area (Å²) in [5, 5.41) is 21.5. The summed E-state index contributed by atoms with van der Waals surface area (Å²) >= 11 is 0. The van der Waals surface area contributed by atoms with Crippen molar-refractivity contribution in [3.05, 3.63) is 0 Å². The molecule has 0 radical (unpaired) electrons. The molecule has 19 heavy (non-hydrogen) atoms. The molecule has 1 aliphatic rings. The number of aliphatic hydroxyl groups is 1. The fourth-order valence-electron chi connectivity index (χ4n) is 2.58. The van der Waals surface area contributed by atoms with Crippen molar-refractivity contribution in [2.24, 2.45) is 11.8 Å².